The summed E-state index contributed by atoms with van der Waals surface area (Å²) in [6.45, 7) is 3.12. The SMILES string of the molecule is Cc1cc(S(=O)(=O)N[C@@H]2CCCOCC2)sc1Cl. The average Bonchev–Trinajstić information content (AvgIpc) is 2.53. The van der Waals surface area contributed by atoms with Gasteiger partial charge in [-0.1, -0.05) is 11.6 Å². The van der Waals surface area contributed by atoms with E-state index >= 15 is 0 Å². The van der Waals surface area contributed by atoms with Crippen LogP contribution in [0.3, 0.4) is 0 Å². The standard InChI is InChI=1S/C11H16ClNO3S2/c1-8-7-10(17-11(8)12)18(14,15)13-9-3-2-5-16-6-4-9/h7,9,13H,2-6H2,1H3/t9-/m1/s1. The van der Waals surface area contributed by atoms with Crippen molar-refractivity contribution in [3.05, 3.63) is 16.0 Å². The third-order valence-electron chi connectivity index (χ3n) is 2.87. The second-order valence-corrected chi connectivity index (χ2v) is 7.98. The number of thiophene rings is 1. The Labute approximate surface area is 116 Å². The number of nitrogens with one attached hydrogen (secondary N) is 1. The monoisotopic (exact) mass is 309 g/mol. The molecule has 1 aromatic rings. The van der Waals surface area contributed by atoms with E-state index in [1.807, 2.05) is 0 Å². The average molecular weight is 310 g/mol. The molecule has 1 N–H and O–H groups in total. The van der Waals surface area contributed by atoms with Gasteiger partial charge >= 0.3 is 0 Å². The molecule has 102 valence electrons. The summed E-state index contributed by atoms with van der Waals surface area (Å²) in [5.41, 5.74) is 0.797. The maximum absolute atomic E-state index is 12.2. The highest BCUT2D eigenvalue weighted by atomic mass is 35.5. The topological polar surface area (TPSA) is 55.4 Å². The summed E-state index contributed by atoms with van der Waals surface area (Å²) in [6.07, 6.45) is 2.42. The van der Waals surface area contributed by atoms with Gasteiger partial charge in [0.05, 0.1) is 4.34 Å². The fraction of sp³-hybridized carbons (Fsp3) is 0.636. The Morgan fingerprint density at radius 3 is 2.89 bits per heavy atom. The van der Waals surface area contributed by atoms with E-state index in [9.17, 15) is 8.42 Å². The first-order valence-electron chi connectivity index (χ1n) is 5.85. The first-order valence-corrected chi connectivity index (χ1v) is 8.53. The predicted molar refractivity (Wildman–Crippen MR) is 72.8 cm³/mol. The minimum Gasteiger partial charge on any atom is -0.381 e. The van der Waals surface area contributed by atoms with E-state index in [1.54, 1.807) is 13.0 Å². The number of aryl methyl sites for hydroxylation is 1. The fourth-order valence-corrected chi connectivity index (χ4v) is 4.89. The van der Waals surface area contributed by atoms with Gasteiger partial charge in [0, 0.05) is 19.3 Å². The molecule has 0 unspecified atom stereocenters. The van der Waals surface area contributed by atoms with Crippen molar-refractivity contribution in [2.24, 2.45) is 0 Å². The predicted octanol–water partition coefficient (Wildman–Crippen LogP) is 2.56. The van der Waals surface area contributed by atoms with Crippen molar-refractivity contribution in [1.82, 2.24) is 4.72 Å². The highest BCUT2D eigenvalue weighted by molar-refractivity contribution is 7.91. The lowest BCUT2D eigenvalue weighted by atomic mass is 10.1. The normalized spacial score (nSPS) is 21.8. The van der Waals surface area contributed by atoms with Crippen molar-refractivity contribution in [3.63, 3.8) is 0 Å². The molecule has 0 aliphatic carbocycles. The van der Waals surface area contributed by atoms with Gasteiger partial charge in [-0.2, -0.15) is 0 Å². The highest BCUT2D eigenvalue weighted by Gasteiger charge is 2.23. The molecule has 0 saturated carbocycles. The van der Waals surface area contributed by atoms with Gasteiger partial charge in [-0.05, 0) is 37.8 Å². The lowest BCUT2D eigenvalue weighted by Gasteiger charge is -2.14. The third-order valence-corrected chi connectivity index (χ3v) is 6.42. The van der Waals surface area contributed by atoms with Gasteiger partial charge in [-0.15, -0.1) is 11.3 Å². The number of ether oxygens (including phenoxy) is 1. The number of hydrogen-bond donors (Lipinski definition) is 1. The molecule has 0 radical (unpaired) electrons. The Balaban J connectivity index is 2.11. The summed E-state index contributed by atoms with van der Waals surface area (Å²) in [7, 11) is -3.45. The quantitative estimate of drug-likeness (QED) is 0.933. The maximum Gasteiger partial charge on any atom is 0.250 e. The largest absolute Gasteiger partial charge is 0.381 e. The summed E-state index contributed by atoms with van der Waals surface area (Å²) in [5, 5.41) is 0. The molecule has 1 atom stereocenters. The molecule has 0 spiro atoms. The molecular formula is C11H16ClNO3S2. The molecule has 18 heavy (non-hydrogen) atoms. The van der Waals surface area contributed by atoms with Crippen molar-refractivity contribution >= 4 is 33.0 Å². The molecule has 1 aromatic heterocycles. The lowest BCUT2D eigenvalue weighted by Crippen LogP contribution is -2.34. The molecule has 1 aliphatic rings. The van der Waals surface area contributed by atoms with Crippen molar-refractivity contribution in [3.8, 4) is 0 Å². The number of halogens is 1. The Kier molecular flexibility index (Phi) is 4.66. The number of hydrogen-bond acceptors (Lipinski definition) is 4. The summed E-state index contributed by atoms with van der Waals surface area (Å²) >= 11 is 7.01. The molecule has 1 fully saturated rings. The van der Waals surface area contributed by atoms with Gasteiger partial charge in [-0.25, -0.2) is 13.1 Å². The van der Waals surface area contributed by atoms with Gasteiger partial charge in [0.1, 0.15) is 4.21 Å². The van der Waals surface area contributed by atoms with Crippen molar-refractivity contribution < 1.29 is 13.2 Å². The molecule has 0 aromatic carbocycles. The summed E-state index contributed by atoms with van der Waals surface area (Å²) in [6, 6.07) is 1.57. The van der Waals surface area contributed by atoms with Crippen LogP contribution in [0.25, 0.3) is 0 Å². The second kappa shape index (κ2) is 5.88. The zero-order valence-electron chi connectivity index (χ0n) is 10.1. The van der Waals surface area contributed by atoms with Gasteiger partial charge in [0.2, 0.25) is 10.0 Å². The van der Waals surface area contributed by atoms with Crippen LogP contribution >= 0.6 is 22.9 Å². The molecule has 1 aliphatic heterocycles. The maximum atomic E-state index is 12.2. The van der Waals surface area contributed by atoms with Crippen molar-refractivity contribution in [2.75, 3.05) is 13.2 Å². The van der Waals surface area contributed by atoms with Crippen LogP contribution in [0.2, 0.25) is 4.34 Å². The second-order valence-electron chi connectivity index (χ2n) is 4.38. The fourth-order valence-electron chi connectivity index (χ4n) is 1.86. The van der Waals surface area contributed by atoms with Crippen LogP contribution in [-0.2, 0) is 14.8 Å². The van der Waals surface area contributed by atoms with Crippen LogP contribution in [0, 0.1) is 6.92 Å². The van der Waals surface area contributed by atoms with Crippen LogP contribution in [-0.4, -0.2) is 27.7 Å². The van der Waals surface area contributed by atoms with Gasteiger partial charge in [0.15, 0.2) is 0 Å². The van der Waals surface area contributed by atoms with E-state index in [0.717, 1.165) is 36.2 Å². The van der Waals surface area contributed by atoms with E-state index in [1.165, 1.54) is 0 Å². The number of rotatable bonds is 3. The van der Waals surface area contributed by atoms with E-state index < -0.39 is 10.0 Å². The minimum absolute atomic E-state index is 0.0429. The molecule has 0 bridgehead atoms. The van der Waals surface area contributed by atoms with Crippen LogP contribution in [0.15, 0.2) is 10.3 Å². The highest BCUT2D eigenvalue weighted by Crippen LogP contribution is 2.30. The van der Waals surface area contributed by atoms with Gasteiger partial charge in [0.25, 0.3) is 0 Å². The lowest BCUT2D eigenvalue weighted by molar-refractivity contribution is 0.143. The van der Waals surface area contributed by atoms with E-state index in [4.69, 9.17) is 16.3 Å². The molecular weight excluding hydrogens is 294 g/mol. The van der Waals surface area contributed by atoms with E-state index in [2.05, 4.69) is 4.72 Å². The van der Waals surface area contributed by atoms with Crippen LogP contribution in [0.4, 0.5) is 0 Å². The first-order chi connectivity index (χ1) is 8.49. The van der Waals surface area contributed by atoms with Gasteiger partial charge in [-0.3, -0.25) is 0 Å². The van der Waals surface area contributed by atoms with Crippen LogP contribution < -0.4 is 4.72 Å². The van der Waals surface area contributed by atoms with E-state index in [0.29, 0.717) is 17.6 Å². The Bertz CT molecular complexity index is 485. The smallest absolute Gasteiger partial charge is 0.250 e. The van der Waals surface area contributed by atoms with Crippen LogP contribution in [0.5, 0.6) is 0 Å². The summed E-state index contributed by atoms with van der Waals surface area (Å²) in [4.78, 5) is 0. The third kappa shape index (κ3) is 3.45. The molecule has 2 rings (SSSR count). The summed E-state index contributed by atoms with van der Waals surface area (Å²) in [5.74, 6) is 0. The van der Waals surface area contributed by atoms with Crippen molar-refractivity contribution in [2.45, 2.75) is 36.4 Å². The van der Waals surface area contributed by atoms with Crippen molar-refractivity contribution in [1.29, 1.82) is 0 Å². The molecule has 1 saturated heterocycles. The molecule has 4 nitrogen and oxygen atoms in total. The summed E-state index contributed by atoms with van der Waals surface area (Å²) < 4.78 is 33.2. The zero-order chi connectivity index (χ0) is 13.2. The number of sulfonamides is 1. The molecule has 2 heterocycles. The Morgan fingerprint density at radius 1 is 1.44 bits per heavy atom. The Morgan fingerprint density at radius 2 is 2.22 bits per heavy atom. The molecule has 7 heteroatoms. The van der Waals surface area contributed by atoms with Crippen LogP contribution in [0.1, 0.15) is 24.8 Å². The minimum atomic E-state index is -3.45. The molecule has 0 amide bonds. The first kappa shape index (κ1) is 14.3. The van der Waals surface area contributed by atoms with Gasteiger partial charge < -0.3 is 4.74 Å². The zero-order valence-corrected chi connectivity index (χ0v) is 12.5. The Hall–Kier alpha value is -0.140. The van der Waals surface area contributed by atoms with E-state index in [-0.39, 0.29) is 10.3 Å².